The molecule has 6 fully saturated rings. The van der Waals surface area contributed by atoms with Gasteiger partial charge in [0.15, 0.2) is 11.5 Å². The quantitative estimate of drug-likeness (QED) is 0.299. The summed E-state index contributed by atoms with van der Waals surface area (Å²) in [6.07, 6.45) is 6.39. The first-order valence-electron chi connectivity index (χ1n) is 20.0. The lowest BCUT2D eigenvalue weighted by Crippen LogP contribution is -2.69. The average molecular weight is 807 g/mol. The molecule has 1 saturated carbocycles. The third-order valence-electron chi connectivity index (χ3n) is 12.5. The monoisotopic (exact) mass is 806 g/mol. The van der Waals surface area contributed by atoms with E-state index in [-0.39, 0.29) is 42.1 Å². The molecule has 17 heteroatoms. The number of ether oxygens (including phenoxy) is 1. The lowest BCUT2D eigenvalue weighted by Gasteiger charge is -2.58. The lowest BCUT2D eigenvalue weighted by molar-refractivity contribution is -0.122. The first kappa shape index (κ1) is 37.8. The van der Waals surface area contributed by atoms with Crippen molar-refractivity contribution in [3.05, 3.63) is 75.9 Å². The molecule has 16 nitrogen and oxygen atoms in total. The van der Waals surface area contributed by atoms with Crippen LogP contribution in [-0.4, -0.2) is 118 Å². The number of nitrogens with one attached hydrogen (secondary N) is 2. The van der Waals surface area contributed by atoms with Gasteiger partial charge in [-0.05, 0) is 93.3 Å². The molecule has 0 radical (unpaired) electrons. The van der Waals surface area contributed by atoms with Gasteiger partial charge in [-0.3, -0.25) is 29.4 Å². The molecule has 5 saturated heterocycles. The fraction of sp³-hybridized carbons (Fsp3) is 0.463. The molecule has 2 aromatic carbocycles. The number of imide groups is 2. The third kappa shape index (κ3) is 7.28. The van der Waals surface area contributed by atoms with Crippen LogP contribution in [0.1, 0.15) is 88.1 Å². The van der Waals surface area contributed by atoms with Crippen molar-refractivity contribution in [2.45, 2.75) is 75.6 Å². The summed E-state index contributed by atoms with van der Waals surface area (Å²) < 4.78 is 6.08. The van der Waals surface area contributed by atoms with Gasteiger partial charge in [-0.15, -0.1) is 10.2 Å². The standard InChI is InChI=1S/C41H43ClN10O6/c42-34-19-31(5-1-25(34)20-43)58-30-6-2-26(3-7-30)44-38(54)35-9-10-36(47-46-35)48-14-11-24(12-15-48)21-50-28-17-29(50)23-49(22-28)27-4-8-32-33(18-27)40(56)52(39(32)55)51-16-13-37(53)45-41(51)57/h1,4-5,8-10,18-19,24,26,28-30H,2-3,6-7,11-17,21-23H2,(H,44,54)(H,45,53,57). The Morgan fingerprint density at radius 3 is 2.33 bits per heavy atom. The Bertz CT molecular complexity index is 2190. The summed E-state index contributed by atoms with van der Waals surface area (Å²) in [4.78, 5) is 70.6. The molecule has 3 aromatic rings. The number of nitriles is 1. The minimum absolute atomic E-state index is 0.0165. The molecule has 2 bridgehead atoms. The second-order valence-electron chi connectivity index (χ2n) is 16.0. The van der Waals surface area contributed by atoms with Crippen LogP contribution in [0.25, 0.3) is 0 Å². The number of piperazine rings is 1. The molecule has 2 N–H and O–H groups in total. The summed E-state index contributed by atoms with van der Waals surface area (Å²) in [5.74, 6) is 0.196. The molecule has 2 unspecified atom stereocenters. The lowest BCUT2D eigenvalue weighted by atomic mass is 9.84. The maximum atomic E-state index is 13.3. The van der Waals surface area contributed by atoms with E-state index in [1.165, 1.54) is 0 Å². The predicted molar refractivity (Wildman–Crippen MR) is 210 cm³/mol. The molecule has 10 rings (SSSR count). The number of urea groups is 1. The molecule has 58 heavy (non-hydrogen) atoms. The van der Waals surface area contributed by atoms with Gasteiger partial charge in [0.05, 0.1) is 34.4 Å². The number of anilines is 2. The fourth-order valence-electron chi connectivity index (χ4n) is 9.27. The molecule has 1 aliphatic carbocycles. The third-order valence-corrected chi connectivity index (χ3v) is 12.8. The fourth-order valence-corrected chi connectivity index (χ4v) is 9.48. The molecule has 6 aliphatic heterocycles. The van der Waals surface area contributed by atoms with Gasteiger partial charge in [-0.1, -0.05) is 11.6 Å². The number of hydrogen-bond acceptors (Lipinski definition) is 12. The van der Waals surface area contributed by atoms with Crippen LogP contribution in [0.2, 0.25) is 5.02 Å². The molecule has 0 spiro atoms. The minimum Gasteiger partial charge on any atom is -0.490 e. The second kappa shape index (κ2) is 15.5. The molecule has 1 aromatic heterocycles. The van der Waals surface area contributed by atoms with Gasteiger partial charge >= 0.3 is 6.03 Å². The zero-order chi connectivity index (χ0) is 40.1. The Balaban J connectivity index is 0.714. The Morgan fingerprint density at radius 2 is 1.64 bits per heavy atom. The normalized spacial score (nSPS) is 24.9. The van der Waals surface area contributed by atoms with E-state index in [0.29, 0.717) is 40.0 Å². The van der Waals surface area contributed by atoms with Crippen molar-refractivity contribution >= 4 is 52.8 Å². The number of carbonyl (C=O) groups is 5. The Kier molecular flexibility index (Phi) is 10.1. The number of benzene rings is 2. The molecule has 7 aliphatic rings. The zero-order valence-corrected chi connectivity index (χ0v) is 32.6. The molecule has 2 atom stereocenters. The minimum atomic E-state index is -0.774. The highest BCUT2D eigenvalue weighted by atomic mass is 35.5. The van der Waals surface area contributed by atoms with Gasteiger partial charge in [0.25, 0.3) is 17.7 Å². The van der Waals surface area contributed by atoms with Crippen molar-refractivity contribution in [1.82, 2.24) is 35.7 Å². The maximum Gasteiger partial charge on any atom is 0.343 e. The topological polar surface area (TPSA) is 184 Å². The van der Waals surface area contributed by atoms with Crippen molar-refractivity contribution < 1.29 is 28.7 Å². The molecular formula is C41H43ClN10O6. The van der Waals surface area contributed by atoms with Crippen LogP contribution in [-0.2, 0) is 4.79 Å². The number of hydrogen-bond donors (Lipinski definition) is 2. The van der Waals surface area contributed by atoms with Crippen molar-refractivity contribution in [3.8, 4) is 11.8 Å². The van der Waals surface area contributed by atoms with Crippen LogP contribution in [0, 0.1) is 17.2 Å². The number of nitrogens with zero attached hydrogens (tertiary/aromatic N) is 8. The summed E-state index contributed by atoms with van der Waals surface area (Å²) in [5.41, 5.74) is 2.12. The van der Waals surface area contributed by atoms with E-state index in [2.05, 4.69) is 41.6 Å². The number of carbonyl (C=O) groups excluding carboxylic acids is 5. The van der Waals surface area contributed by atoms with Gasteiger partial charge in [-0.25, -0.2) is 9.80 Å². The van der Waals surface area contributed by atoms with E-state index in [1.807, 2.05) is 12.1 Å². The number of rotatable bonds is 9. The van der Waals surface area contributed by atoms with Crippen molar-refractivity contribution in [2.24, 2.45) is 5.92 Å². The first-order chi connectivity index (χ1) is 28.1. The van der Waals surface area contributed by atoms with Gasteiger partial charge in [0, 0.05) is 69.0 Å². The zero-order valence-electron chi connectivity index (χ0n) is 31.8. The second-order valence-corrected chi connectivity index (χ2v) is 16.5. The number of fused-ring (bicyclic) bond motifs is 3. The van der Waals surface area contributed by atoms with Crippen molar-refractivity contribution in [1.29, 1.82) is 5.26 Å². The summed E-state index contributed by atoms with van der Waals surface area (Å²) in [7, 11) is 0. The van der Waals surface area contributed by atoms with Gasteiger partial charge in [-0.2, -0.15) is 10.3 Å². The Hall–Kier alpha value is -5.79. The van der Waals surface area contributed by atoms with E-state index in [0.717, 1.165) is 99.2 Å². The number of amides is 6. The highest BCUT2D eigenvalue weighted by Crippen LogP contribution is 2.38. The Labute approximate surface area is 340 Å². The highest BCUT2D eigenvalue weighted by Gasteiger charge is 2.47. The van der Waals surface area contributed by atoms with Gasteiger partial charge in [0.1, 0.15) is 11.8 Å². The van der Waals surface area contributed by atoms with Crippen LogP contribution >= 0.6 is 11.6 Å². The number of halogens is 1. The van der Waals surface area contributed by atoms with Crippen LogP contribution in [0.15, 0.2) is 48.5 Å². The van der Waals surface area contributed by atoms with Crippen molar-refractivity contribution in [2.75, 3.05) is 49.1 Å². The number of aromatic nitrogens is 2. The van der Waals surface area contributed by atoms with E-state index < -0.39 is 23.8 Å². The summed E-state index contributed by atoms with van der Waals surface area (Å²) >= 11 is 6.15. The Morgan fingerprint density at radius 1 is 0.879 bits per heavy atom. The maximum absolute atomic E-state index is 13.3. The smallest absolute Gasteiger partial charge is 0.343 e. The SMILES string of the molecule is N#Cc1ccc(OC2CCC(NC(=O)c3ccc(N4CCC(CN5C6CC5CN(c5ccc7c(c5)C(=O)N(N5CCC(=O)NC5=O)C7=O)C6)CC4)nn3)CC2)cc1Cl. The largest absolute Gasteiger partial charge is 0.490 e. The van der Waals surface area contributed by atoms with Crippen LogP contribution < -0.4 is 25.2 Å². The van der Waals surface area contributed by atoms with Crippen molar-refractivity contribution in [3.63, 3.8) is 0 Å². The average Bonchev–Trinajstić information content (AvgIpc) is 3.48. The molecule has 7 heterocycles. The summed E-state index contributed by atoms with van der Waals surface area (Å²) in [5, 5.41) is 25.3. The number of hydrazine groups is 1. The first-order valence-corrected chi connectivity index (χ1v) is 20.4. The van der Waals surface area contributed by atoms with Crippen LogP contribution in [0.4, 0.5) is 16.3 Å². The van der Waals surface area contributed by atoms with E-state index in [9.17, 15) is 24.0 Å². The summed E-state index contributed by atoms with van der Waals surface area (Å²) in [6, 6.07) is 16.2. The predicted octanol–water partition coefficient (Wildman–Crippen LogP) is 3.75. The molecular weight excluding hydrogens is 764 g/mol. The van der Waals surface area contributed by atoms with E-state index in [4.69, 9.17) is 21.6 Å². The van der Waals surface area contributed by atoms with Gasteiger partial charge in [0.2, 0.25) is 5.91 Å². The van der Waals surface area contributed by atoms with E-state index >= 15 is 0 Å². The molecule has 6 amide bonds. The van der Waals surface area contributed by atoms with Crippen LogP contribution in [0.3, 0.4) is 0 Å². The molecule has 300 valence electrons. The summed E-state index contributed by atoms with van der Waals surface area (Å²) in [6.45, 7) is 4.40. The highest BCUT2D eigenvalue weighted by molar-refractivity contribution is 6.31. The van der Waals surface area contributed by atoms with Gasteiger partial charge < -0.3 is 19.9 Å². The van der Waals surface area contributed by atoms with E-state index in [1.54, 1.807) is 36.4 Å². The van der Waals surface area contributed by atoms with Crippen LogP contribution in [0.5, 0.6) is 5.75 Å². The number of piperidine rings is 2.